The molecule has 0 spiro atoms. The summed E-state index contributed by atoms with van der Waals surface area (Å²) in [4.78, 5) is 12.4. The van der Waals surface area contributed by atoms with E-state index in [1.165, 1.54) is 5.56 Å². The van der Waals surface area contributed by atoms with Crippen molar-refractivity contribution in [2.75, 3.05) is 31.5 Å². The Bertz CT molecular complexity index is 1460. The quantitative estimate of drug-likeness (QED) is 0.398. The number of hydrogen-bond donors (Lipinski definition) is 1. The molecule has 186 valence electrons. The summed E-state index contributed by atoms with van der Waals surface area (Å²) < 4.78 is 27.8. The maximum atomic E-state index is 13.1. The standard InChI is InChI=1S/C28H31N5O2S/c1-20-8-12-23(13-9-20)29-28-25-6-4-5-7-26(25)30-27(31-28)22(3)32-16-18-33(19-17-32)36(34,35)24-14-10-21(2)11-15-24/h4-15,22H,16-19H2,1-3H3,(H,29,30,31)/t22-/m0/s1. The van der Waals surface area contributed by atoms with Crippen LogP contribution in [0.25, 0.3) is 10.9 Å². The Hall–Kier alpha value is -3.33. The van der Waals surface area contributed by atoms with Crippen LogP contribution >= 0.6 is 0 Å². The topological polar surface area (TPSA) is 78.4 Å². The highest BCUT2D eigenvalue weighted by Crippen LogP contribution is 2.28. The van der Waals surface area contributed by atoms with Crippen LogP contribution in [0.1, 0.15) is 29.9 Å². The number of nitrogens with zero attached hydrogens (tertiary/aromatic N) is 4. The fourth-order valence-corrected chi connectivity index (χ4v) is 5.93. The van der Waals surface area contributed by atoms with Gasteiger partial charge in [0.1, 0.15) is 11.6 Å². The van der Waals surface area contributed by atoms with Crippen molar-refractivity contribution in [2.24, 2.45) is 0 Å². The predicted octanol–water partition coefficient (Wildman–Crippen LogP) is 5.06. The number of aryl methyl sites for hydroxylation is 2. The SMILES string of the molecule is Cc1ccc(Nc2nc([C@H](C)N3CCN(S(=O)(=O)c4ccc(C)cc4)CC3)nc3ccccc23)cc1. The molecule has 0 unspecified atom stereocenters. The molecule has 1 saturated heterocycles. The van der Waals surface area contributed by atoms with E-state index < -0.39 is 10.0 Å². The van der Waals surface area contributed by atoms with Gasteiger partial charge in [-0.1, -0.05) is 47.5 Å². The lowest BCUT2D eigenvalue weighted by Gasteiger charge is -2.36. The summed E-state index contributed by atoms with van der Waals surface area (Å²) in [5.41, 5.74) is 4.09. The number of anilines is 2. The molecule has 4 aromatic rings. The molecule has 3 aromatic carbocycles. The fourth-order valence-electron chi connectivity index (χ4n) is 4.50. The van der Waals surface area contributed by atoms with E-state index in [1.807, 2.05) is 55.5 Å². The maximum Gasteiger partial charge on any atom is 0.243 e. The van der Waals surface area contributed by atoms with Crippen LogP contribution in [0, 0.1) is 13.8 Å². The predicted molar refractivity (Wildman–Crippen MR) is 144 cm³/mol. The lowest BCUT2D eigenvalue weighted by atomic mass is 10.2. The Kier molecular flexibility index (Phi) is 6.75. The van der Waals surface area contributed by atoms with Gasteiger partial charge in [0.15, 0.2) is 0 Å². The Balaban J connectivity index is 1.35. The molecule has 0 aliphatic carbocycles. The van der Waals surface area contributed by atoms with Gasteiger partial charge in [0, 0.05) is 37.3 Å². The molecule has 1 N–H and O–H groups in total. The zero-order valence-electron chi connectivity index (χ0n) is 20.8. The van der Waals surface area contributed by atoms with Gasteiger partial charge in [-0.05, 0) is 57.2 Å². The average Bonchev–Trinajstić information content (AvgIpc) is 2.90. The molecule has 5 rings (SSSR count). The molecule has 0 bridgehead atoms. The third kappa shape index (κ3) is 4.97. The number of nitrogens with one attached hydrogen (secondary N) is 1. The minimum Gasteiger partial charge on any atom is -0.340 e. The zero-order chi connectivity index (χ0) is 25.3. The smallest absolute Gasteiger partial charge is 0.243 e. The van der Waals surface area contributed by atoms with E-state index in [4.69, 9.17) is 9.97 Å². The van der Waals surface area contributed by atoms with Gasteiger partial charge in [-0.15, -0.1) is 0 Å². The molecule has 36 heavy (non-hydrogen) atoms. The van der Waals surface area contributed by atoms with Gasteiger partial charge in [-0.2, -0.15) is 4.31 Å². The van der Waals surface area contributed by atoms with Crippen molar-refractivity contribution in [2.45, 2.75) is 31.7 Å². The fraction of sp³-hybridized carbons (Fsp3) is 0.286. The number of benzene rings is 3. The van der Waals surface area contributed by atoms with Gasteiger partial charge >= 0.3 is 0 Å². The summed E-state index contributed by atoms with van der Waals surface area (Å²) >= 11 is 0. The first-order valence-electron chi connectivity index (χ1n) is 12.2. The van der Waals surface area contributed by atoms with Crippen LogP contribution < -0.4 is 5.32 Å². The van der Waals surface area contributed by atoms with Gasteiger partial charge < -0.3 is 5.32 Å². The molecule has 1 aliphatic heterocycles. The van der Waals surface area contributed by atoms with Gasteiger partial charge in [0.25, 0.3) is 0 Å². The molecule has 1 aromatic heterocycles. The first-order chi connectivity index (χ1) is 17.3. The Labute approximate surface area is 212 Å². The molecule has 2 heterocycles. The number of para-hydroxylation sites is 1. The first-order valence-corrected chi connectivity index (χ1v) is 13.7. The lowest BCUT2D eigenvalue weighted by Crippen LogP contribution is -2.49. The maximum absolute atomic E-state index is 13.1. The van der Waals surface area contributed by atoms with E-state index in [9.17, 15) is 8.42 Å². The Morgan fingerprint density at radius 1 is 0.806 bits per heavy atom. The molecule has 0 saturated carbocycles. The zero-order valence-corrected chi connectivity index (χ0v) is 21.7. The van der Waals surface area contributed by atoms with Crippen LogP contribution in [0.4, 0.5) is 11.5 Å². The number of aromatic nitrogens is 2. The summed E-state index contributed by atoms with van der Waals surface area (Å²) in [6.45, 7) is 8.20. The minimum atomic E-state index is -3.50. The Morgan fingerprint density at radius 2 is 1.42 bits per heavy atom. The third-order valence-corrected chi connectivity index (χ3v) is 8.70. The van der Waals surface area contributed by atoms with Crippen molar-refractivity contribution in [3.63, 3.8) is 0 Å². The van der Waals surface area contributed by atoms with Crippen molar-refractivity contribution < 1.29 is 8.42 Å². The van der Waals surface area contributed by atoms with Crippen LogP contribution in [0.3, 0.4) is 0 Å². The second-order valence-corrected chi connectivity index (χ2v) is 11.3. The molecule has 0 amide bonds. The van der Waals surface area contributed by atoms with Crippen molar-refractivity contribution in [3.05, 3.63) is 89.7 Å². The highest BCUT2D eigenvalue weighted by atomic mass is 32.2. The van der Waals surface area contributed by atoms with E-state index in [0.717, 1.165) is 33.8 Å². The van der Waals surface area contributed by atoms with Crippen LogP contribution in [0.5, 0.6) is 0 Å². The second kappa shape index (κ2) is 9.97. The average molecular weight is 502 g/mol. The summed E-state index contributed by atoms with van der Waals surface area (Å²) in [6, 6.07) is 23.2. The molecular formula is C28H31N5O2S. The van der Waals surface area contributed by atoms with Crippen LogP contribution in [-0.2, 0) is 10.0 Å². The van der Waals surface area contributed by atoms with Gasteiger partial charge in [0.05, 0.1) is 16.5 Å². The number of fused-ring (bicyclic) bond motifs is 1. The van der Waals surface area contributed by atoms with Gasteiger partial charge in [0.2, 0.25) is 10.0 Å². The highest BCUT2D eigenvalue weighted by Gasteiger charge is 2.31. The van der Waals surface area contributed by atoms with E-state index in [2.05, 4.69) is 36.2 Å². The van der Waals surface area contributed by atoms with E-state index in [-0.39, 0.29) is 6.04 Å². The van der Waals surface area contributed by atoms with E-state index in [1.54, 1.807) is 16.4 Å². The molecule has 8 heteroatoms. The number of hydrogen-bond acceptors (Lipinski definition) is 6. The van der Waals surface area contributed by atoms with E-state index in [0.29, 0.717) is 31.1 Å². The van der Waals surface area contributed by atoms with Gasteiger partial charge in [-0.3, -0.25) is 4.90 Å². The minimum absolute atomic E-state index is 0.0580. The first kappa shape index (κ1) is 24.4. The molecule has 1 fully saturated rings. The Morgan fingerprint density at radius 3 is 2.08 bits per heavy atom. The van der Waals surface area contributed by atoms with Crippen LogP contribution in [0.2, 0.25) is 0 Å². The van der Waals surface area contributed by atoms with Crippen molar-refractivity contribution >= 4 is 32.4 Å². The highest BCUT2D eigenvalue weighted by molar-refractivity contribution is 7.89. The molecule has 0 radical (unpaired) electrons. The summed E-state index contributed by atoms with van der Waals surface area (Å²) in [6.07, 6.45) is 0. The number of piperazine rings is 1. The lowest BCUT2D eigenvalue weighted by molar-refractivity contribution is 0.141. The largest absolute Gasteiger partial charge is 0.340 e. The van der Waals surface area contributed by atoms with Crippen molar-refractivity contribution in [1.82, 2.24) is 19.2 Å². The van der Waals surface area contributed by atoms with Crippen LogP contribution in [-0.4, -0.2) is 53.8 Å². The monoisotopic (exact) mass is 501 g/mol. The normalized spacial score (nSPS) is 16.2. The van der Waals surface area contributed by atoms with Crippen LogP contribution in [0.15, 0.2) is 77.7 Å². The molecule has 7 nitrogen and oxygen atoms in total. The van der Waals surface area contributed by atoms with Gasteiger partial charge in [-0.25, -0.2) is 18.4 Å². The molecular weight excluding hydrogens is 470 g/mol. The summed E-state index contributed by atoms with van der Waals surface area (Å²) in [5, 5.41) is 4.43. The van der Waals surface area contributed by atoms with E-state index >= 15 is 0 Å². The van der Waals surface area contributed by atoms with Crippen molar-refractivity contribution in [3.8, 4) is 0 Å². The second-order valence-electron chi connectivity index (χ2n) is 9.37. The number of rotatable bonds is 6. The molecule has 1 aliphatic rings. The third-order valence-electron chi connectivity index (χ3n) is 6.79. The molecule has 1 atom stereocenters. The summed E-state index contributed by atoms with van der Waals surface area (Å²) in [7, 11) is -3.50. The summed E-state index contributed by atoms with van der Waals surface area (Å²) in [5.74, 6) is 1.49. The number of sulfonamides is 1. The van der Waals surface area contributed by atoms with Crippen molar-refractivity contribution in [1.29, 1.82) is 0 Å².